The maximum atomic E-state index is 17.4. The standard InChI is InChI=1S/C26H37FO6/c1-6-22(32)33-26(21(31)13-28)15(3)10-18-19-9-14(2)17-11-16(29)7-8-23(17,4)25(19,27)20(30)12-24(18,26)5/h11,14-15,18-20,28,30H,6-10,12-13H2,1-5H3/t14-,15+,18-,19-,20-,23-,24-,25-,26-/m0/s1. The molecule has 0 aromatic heterocycles. The molecule has 0 bridgehead atoms. The number of fused-ring (bicyclic) bond motifs is 5. The zero-order valence-electron chi connectivity index (χ0n) is 20.3. The lowest BCUT2D eigenvalue weighted by Gasteiger charge is -2.64. The van der Waals surface area contributed by atoms with Gasteiger partial charge < -0.3 is 14.9 Å². The molecular formula is C26H37FO6. The minimum absolute atomic E-state index is 0.0000358. The van der Waals surface area contributed by atoms with Crippen LogP contribution in [0.3, 0.4) is 0 Å². The summed E-state index contributed by atoms with van der Waals surface area (Å²) in [6, 6.07) is 0. The van der Waals surface area contributed by atoms with Crippen LogP contribution >= 0.6 is 0 Å². The van der Waals surface area contributed by atoms with Crippen molar-refractivity contribution in [3.05, 3.63) is 11.6 Å². The first-order valence-electron chi connectivity index (χ1n) is 12.3. The van der Waals surface area contributed by atoms with E-state index in [1.807, 2.05) is 27.7 Å². The van der Waals surface area contributed by atoms with Crippen molar-refractivity contribution in [1.29, 1.82) is 0 Å². The number of carbonyl (C=O) groups is 3. The summed E-state index contributed by atoms with van der Waals surface area (Å²) in [6.45, 7) is 8.34. The molecule has 9 atom stereocenters. The second-order valence-electron chi connectivity index (χ2n) is 11.4. The molecule has 0 aromatic rings. The van der Waals surface area contributed by atoms with E-state index in [1.54, 1.807) is 13.0 Å². The number of rotatable bonds is 4. The minimum Gasteiger partial charge on any atom is -0.450 e. The first-order valence-corrected chi connectivity index (χ1v) is 12.3. The summed E-state index contributed by atoms with van der Waals surface area (Å²) in [5, 5.41) is 21.4. The van der Waals surface area contributed by atoms with Crippen molar-refractivity contribution < 1.29 is 33.7 Å². The molecule has 4 aliphatic carbocycles. The van der Waals surface area contributed by atoms with E-state index < -0.39 is 58.4 Å². The van der Waals surface area contributed by atoms with E-state index in [4.69, 9.17) is 4.74 Å². The van der Waals surface area contributed by atoms with Gasteiger partial charge in [-0.2, -0.15) is 0 Å². The smallest absolute Gasteiger partial charge is 0.306 e. The average molecular weight is 465 g/mol. The second-order valence-corrected chi connectivity index (χ2v) is 11.4. The van der Waals surface area contributed by atoms with Gasteiger partial charge in [0.2, 0.25) is 5.78 Å². The number of esters is 1. The summed E-state index contributed by atoms with van der Waals surface area (Å²) in [6.07, 6.45) is 1.71. The van der Waals surface area contributed by atoms with Crippen molar-refractivity contribution in [3.8, 4) is 0 Å². The number of alkyl halides is 1. The lowest BCUT2D eigenvalue weighted by Crippen LogP contribution is -2.71. The van der Waals surface area contributed by atoms with E-state index in [-0.39, 0.29) is 36.9 Å². The van der Waals surface area contributed by atoms with Gasteiger partial charge in [0.1, 0.15) is 12.3 Å². The number of aliphatic hydroxyl groups excluding tert-OH is 2. The fourth-order valence-corrected chi connectivity index (χ4v) is 8.53. The predicted molar refractivity (Wildman–Crippen MR) is 119 cm³/mol. The van der Waals surface area contributed by atoms with Crippen molar-refractivity contribution in [2.45, 2.75) is 90.5 Å². The summed E-state index contributed by atoms with van der Waals surface area (Å²) in [5.41, 5.74) is -4.77. The van der Waals surface area contributed by atoms with Crippen LogP contribution < -0.4 is 0 Å². The number of hydrogen-bond acceptors (Lipinski definition) is 6. The number of aliphatic hydroxyl groups is 2. The van der Waals surface area contributed by atoms with Gasteiger partial charge in [-0.1, -0.05) is 40.2 Å². The Bertz CT molecular complexity index is 914. The zero-order valence-corrected chi connectivity index (χ0v) is 20.3. The average Bonchev–Trinajstić information content (AvgIpc) is 2.98. The largest absolute Gasteiger partial charge is 0.450 e. The van der Waals surface area contributed by atoms with Gasteiger partial charge in [-0.3, -0.25) is 14.4 Å². The van der Waals surface area contributed by atoms with Gasteiger partial charge in [-0.25, -0.2) is 4.39 Å². The topological polar surface area (TPSA) is 101 Å². The Morgan fingerprint density at radius 3 is 2.48 bits per heavy atom. The van der Waals surface area contributed by atoms with Crippen molar-refractivity contribution >= 4 is 17.5 Å². The zero-order chi connectivity index (χ0) is 24.6. The summed E-state index contributed by atoms with van der Waals surface area (Å²) >= 11 is 0. The third kappa shape index (κ3) is 2.87. The Morgan fingerprint density at radius 1 is 1.21 bits per heavy atom. The molecule has 3 fully saturated rings. The van der Waals surface area contributed by atoms with Gasteiger partial charge in [0, 0.05) is 35.5 Å². The first kappa shape index (κ1) is 24.5. The van der Waals surface area contributed by atoms with Crippen molar-refractivity contribution in [3.63, 3.8) is 0 Å². The maximum Gasteiger partial charge on any atom is 0.306 e. The number of ether oxygens (including phenoxy) is 1. The summed E-state index contributed by atoms with van der Waals surface area (Å²) < 4.78 is 23.3. The Labute approximate surface area is 195 Å². The van der Waals surface area contributed by atoms with Crippen LogP contribution in [0.5, 0.6) is 0 Å². The summed E-state index contributed by atoms with van der Waals surface area (Å²) in [7, 11) is 0. The van der Waals surface area contributed by atoms with E-state index >= 15 is 4.39 Å². The molecule has 0 spiro atoms. The molecule has 7 heteroatoms. The molecule has 3 saturated carbocycles. The Balaban J connectivity index is 1.87. The molecule has 33 heavy (non-hydrogen) atoms. The van der Waals surface area contributed by atoms with E-state index in [9.17, 15) is 24.6 Å². The Morgan fingerprint density at radius 2 is 1.88 bits per heavy atom. The molecular weight excluding hydrogens is 427 g/mol. The molecule has 6 nitrogen and oxygen atoms in total. The molecule has 0 radical (unpaired) electrons. The number of carbonyl (C=O) groups excluding carboxylic acids is 3. The highest BCUT2D eigenvalue weighted by atomic mass is 19.1. The molecule has 0 aliphatic heterocycles. The quantitative estimate of drug-likeness (QED) is 0.619. The number of halogens is 1. The first-order chi connectivity index (χ1) is 15.3. The van der Waals surface area contributed by atoms with Gasteiger partial charge in [-0.15, -0.1) is 0 Å². The van der Waals surface area contributed by atoms with Crippen molar-refractivity contribution in [2.75, 3.05) is 6.61 Å². The highest BCUT2D eigenvalue weighted by Gasteiger charge is 2.77. The Hall–Kier alpha value is -1.60. The van der Waals surface area contributed by atoms with Gasteiger partial charge in [0.25, 0.3) is 0 Å². The van der Waals surface area contributed by atoms with Crippen LogP contribution in [-0.2, 0) is 19.1 Å². The van der Waals surface area contributed by atoms with Crippen LogP contribution in [-0.4, -0.2) is 51.7 Å². The molecule has 0 saturated heterocycles. The fraction of sp³-hybridized carbons (Fsp3) is 0.808. The normalized spacial score (nSPS) is 48.9. The van der Waals surface area contributed by atoms with Crippen LogP contribution in [0.2, 0.25) is 0 Å². The number of allylic oxidation sites excluding steroid dienone is 1. The predicted octanol–water partition coefficient (Wildman–Crippen LogP) is 3.33. The van der Waals surface area contributed by atoms with Gasteiger partial charge in [0.15, 0.2) is 11.4 Å². The van der Waals surface area contributed by atoms with E-state index in [0.717, 1.165) is 5.57 Å². The van der Waals surface area contributed by atoms with Crippen LogP contribution in [0.25, 0.3) is 0 Å². The fourth-order valence-electron chi connectivity index (χ4n) is 8.53. The third-order valence-corrected chi connectivity index (χ3v) is 10.0. The number of ketones is 2. The van der Waals surface area contributed by atoms with Crippen molar-refractivity contribution in [1.82, 2.24) is 0 Å². The van der Waals surface area contributed by atoms with Gasteiger partial charge in [-0.05, 0) is 43.6 Å². The Kier molecular flexibility index (Phi) is 5.73. The number of Topliss-reactive ketones (excluding diaryl/α,β-unsaturated/α-hetero) is 1. The van der Waals surface area contributed by atoms with E-state index in [2.05, 4.69) is 0 Å². The van der Waals surface area contributed by atoms with Crippen molar-refractivity contribution in [2.24, 2.45) is 34.5 Å². The molecule has 184 valence electrons. The molecule has 0 aromatic carbocycles. The van der Waals surface area contributed by atoms with E-state index in [0.29, 0.717) is 19.3 Å². The maximum absolute atomic E-state index is 17.4. The minimum atomic E-state index is -1.96. The SMILES string of the molecule is CCC(=O)O[C@]1(C(=O)CO)[C@H](C)C[C@H]2[C@@H]3C[C@H](C)C4=CC(=O)CC[C@]4(C)[C@@]3(F)[C@@H](O)C[C@@]21C. The molecule has 4 aliphatic rings. The molecule has 4 rings (SSSR count). The lowest BCUT2D eigenvalue weighted by molar-refractivity contribution is -0.238. The third-order valence-electron chi connectivity index (χ3n) is 10.0. The molecule has 0 unspecified atom stereocenters. The monoisotopic (exact) mass is 464 g/mol. The number of hydrogen-bond donors (Lipinski definition) is 2. The summed E-state index contributed by atoms with van der Waals surface area (Å²) in [5.74, 6) is -2.48. The van der Waals surface area contributed by atoms with Crippen LogP contribution in [0.4, 0.5) is 4.39 Å². The summed E-state index contributed by atoms with van der Waals surface area (Å²) in [4.78, 5) is 37.9. The van der Waals surface area contributed by atoms with Crippen LogP contribution in [0, 0.1) is 34.5 Å². The second kappa shape index (κ2) is 7.70. The highest BCUT2D eigenvalue weighted by molar-refractivity contribution is 5.93. The van der Waals surface area contributed by atoms with E-state index in [1.165, 1.54) is 0 Å². The molecule has 0 heterocycles. The van der Waals surface area contributed by atoms with Crippen LogP contribution in [0.1, 0.15) is 73.1 Å². The highest BCUT2D eigenvalue weighted by Crippen LogP contribution is 2.72. The van der Waals surface area contributed by atoms with Gasteiger partial charge >= 0.3 is 5.97 Å². The van der Waals surface area contributed by atoms with Crippen LogP contribution in [0.15, 0.2) is 11.6 Å². The van der Waals surface area contributed by atoms with Gasteiger partial charge in [0.05, 0.1) is 6.10 Å². The lowest BCUT2D eigenvalue weighted by atomic mass is 9.42. The molecule has 2 N–H and O–H groups in total. The molecule has 0 amide bonds.